The number of hydrogen-bond donors (Lipinski definition) is 1. The molecule has 13 heavy (non-hydrogen) atoms. The minimum Gasteiger partial charge on any atom is -0.478 e. The van der Waals surface area contributed by atoms with Gasteiger partial charge in [0.05, 0.1) is 6.61 Å². The molecule has 0 spiro atoms. The zero-order chi connectivity index (χ0) is 9.68. The molecule has 0 saturated heterocycles. The van der Waals surface area contributed by atoms with Gasteiger partial charge in [0, 0.05) is 29.8 Å². The van der Waals surface area contributed by atoms with E-state index in [2.05, 4.69) is 20.9 Å². The molecule has 0 saturated carbocycles. The lowest BCUT2D eigenvalue weighted by molar-refractivity contribution is 0.229. The Morgan fingerprint density at radius 3 is 3.00 bits per heavy atom. The van der Waals surface area contributed by atoms with Crippen molar-refractivity contribution < 1.29 is 9.84 Å². The van der Waals surface area contributed by atoms with Crippen molar-refractivity contribution in [1.29, 1.82) is 0 Å². The molecule has 0 fully saturated rings. The van der Waals surface area contributed by atoms with E-state index in [9.17, 15) is 0 Å². The molecule has 72 valence electrons. The van der Waals surface area contributed by atoms with Gasteiger partial charge in [-0.25, -0.2) is 4.98 Å². The molecule has 3 nitrogen and oxygen atoms in total. The molecule has 0 aliphatic heterocycles. The van der Waals surface area contributed by atoms with Crippen molar-refractivity contribution in [3.8, 4) is 5.88 Å². The summed E-state index contributed by atoms with van der Waals surface area (Å²) >= 11 is 3.35. The average Bonchev–Trinajstić information content (AvgIpc) is 2.12. The van der Waals surface area contributed by atoms with Crippen molar-refractivity contribution in [3.63, 3.8) is 0 Å². The number of aliphatic hydroxyl groups is 1. The second kappa shape index (κ2) is 5.19. The van der Waals surface area contributed by atoms with Crippen LogP contribution in [0.5, 0.6) is 5.88 Å². The monoisotopic (exact) mass is 245 g/mol. The van der Waals surface area contributed by atoms with Crippen molar-refractivity contribution >= 4 is 15.9 Å². The molecule has 1 heterocycles. The summed E-state index contributed by atoms with van der Waals surface area (Å²) in [6, 6.07) is 1.86. The summed E-state index contributed by atoms with van der Waals surface area (Å²) in [7, 11) is 0. The van der Waals surface area contributed by atoms with Crippen molar-refractivity contribution in [1.82, 2.24) is 4.98 Å². The van der Waals surface area contributed by atoms with E-state index in [1.165, 1.54) is 0 Å². The lowest BCUT2D eigenvalue weighted by atomic mass is 10.3. The van der Waals surface area contributed by atoms with E-state index >= 15 is 0 Å². The smallest absolute Gasteiger partial charge is 0.213 e. The zero-order valence-electron chi connectivity index (χ0n) is 7.46. The van der Waals surface area contributed by atoms with Gasteiger partial charge < -0.3 is 9.84 Å². The standard InChI is InChI=1S/C9H12BrNO2/c1-7-5-9(11-6-8(7)10)13-4-2-3-12/h5-6,12H,2-4H2,1H3. The number of nitrogens with zero attached hydrogens (tertiary/aromatic N) is 1. The highest BCUT2D eigenvalue weighted by Gasteiger charge is 1.98. The van der Waals surface area contributed by atoms with Gasteiger partial charge in [-0.15, -0.1) is 0 Å². The Morgan fingerprint density at radius 2 is 2.38 bits per heavy atom. The minimum absolute atomic E-state index is 0.148. The number of aliphatic hydroxyl groups excluding tert-OH is 1. The second-order valence-corrected chi connectivity index (χ2v) is 3.55. The molecule has 0 aliphatic rings. The molecule has 1 N–H and O–H groups in total. The molecule has 1 aromatic heterocycles. The van der Waals surface area contributed by atoms with E-state index in [1.807, 2.05) is 13.0 Å². The molecule has 0 radical (unpaired) electrons. The highest BCUT2D eigenvalue weighted by atomic mass is 79.9. The summed E-state index contributed by atoms with van der Waals surface area (Å²) < 4.78 is 6.26. The number of aryl methyl sites for hydroxylation is 1. The highest BCUT2D eigenvalue weighted by molar-refractivity contribution is 9.10. The van der Waals surface area contributed by atoms with E-state index in [-0.39, 0.29) is 6.61 Å². The number of hydrogen-bond acceptors (Lipinski definition) is 3. The lowest BCUT2D eigenvalue weighted by Gasteiger charge is -2.05. The van der Waals surface area contributed by atoms with Crippen LogP contribution in [-0.2, 0) is 0 Å². The zero-order valence-corrected chi connectivity index (χ0v) is 9.04. The highest BCUT2D eigenvalue weighted by Crippen LogP contribution is 2.18. The fraction of sp³-hybridized carbons (Fsp3) is 0.444. The average molecular weight is 246 g/mol. The maximum atomic E-state index is 8.54. The van der Waals surface area contributed by atoms with Crippen LogP contribution in [-0.4, -0.2) is 23.3 Å². The van der Waals surface area contributed by atoms with Crippen LogP contribution in [0, 0.1) is 6.92 Å². The first kappa shape index (κ1) is 10.5. The maximum Gasteiger partial charge on any atom is 0.213 e. The quantitative estimate of drug-likeness (QED) is 0.825. The SMILES string of the molecule is Cc1cc(OCCCO)ncc1Br. The van der Waals surface area contributed by atoms with Crippen molar-refractivity contribution in [2.24, 2.45) is 0 Å². The van der Waals surface area contributed by atoms with Crippen LogP contribution in [0.25, 0.3) is 0 Å². The fourth-order valence-corrected chi connectivity index (χ4v) is 1.05. The molecular weight excluding hydrogens is 234 g/mol. The second-order valence-electron chi connectivity index (χ2n) is 2.70. The van der Waals surface area contributed by atoms with E-state index in [4.69, 9.17) is 9.84 Å². The van der Waals surface area contributed by atoms with Crippen LogP contribution >= 0.6 is 15.9 Å². The van der Waals surface area contributed by atoms with Crippen molar-refractivity contribution in [3.05, 3.63) is 22.3 Å². The Kier molecular flexibility index (Phi) is 4.18. The van der Waals surface area contributed by atoms with E-state index < -0.39 is 0 Å². The summed E-state index contributed by atoms with van der Waals surface area (Å²) in [6.45, 7) is 2.63. The summed E-state index contributed by atoms with van der Waals surface area (Å²) in [5.74, 6) is 0.606. The summed E-state index contributed by atoms with van der Waals surface area (Å²) in [6.07, 6.45) is 2.35. The van der Waals surface area contributed by atoms with E-state index in [0.717, 1.165) is 10.0 Å². The Hall–Kier alpha value is -0.610. The van der Waals surface area contributed by atoms with Crippen LogP contribution in [0.15, 0.2) is 16.7 Å². The molecule has 0 bridgehead atoms. The summed E-state index contributed by atoms with van der Waals surface area (Å²) in [5.41, 5.74) is 1.09. The van der Waals surface area contributed by atoms with Crippen LogP contribution in [0.1, 0.15) is 12.0 Å². The molecule has 0 unspecified atom stereocenters. The van der Waals surface area contributed by atoms with Gasteiger partial charge in [-0.1, -0.05) is 0 Å². The maximum absolute atomic E-state index is 8.54. The fourth-order valence-electron chi connectivity index (χ4n) is 0.834. The first-order chi connectivity index (χ1) is 6.24. The van der Waals surface area contributed by atoms with Gasteiger partial charge in [-0.2, -0.15) is 0 Å². The number of aromatic nitrogens is 1. The Bertz CT molecular complexity index is 278. The third-order valence-electron chi connectivity index (χ3n) is 1.57. The molecule has 1 aromatic rings. The number of halogens is 1. The predicted octanol–water partition coefficient (Wildman–Crippen LogP) is 1.91. The Balaban J connectivity index is 2.53. The summed E-state index contributed by atoms with van der Waals surface area (Å²) in [5, 5.41) is 8.54. The molecule has 0 aromatic carbocycles. The Labute approximate surface area is 85.9 Å². The predicted molar refractivity (Wildman–Crippen MR) is 53.9 cm³/mol. The number of rotatable bonds is 4. The third kappa shape index (κ3) is 3.32. The summed E-state index contributed by atoms with van der Waals surface area (Å²) in [4.78, 5) is 4.06. The van der Waals surface area contributed by atoms with Gasteiger partial charge in [-0.3, -0.25) is 0 Å². The number of ether oxygens (including phenoxy) is 1. The van der Waals surface area contributed by atoms with Crippen LogP contribution in [0.3, 0.4) is 0 Å². The van der Waals surface area contributed by atoms with Crippen molar-refractivity contribution in [2.75, 3.05) is 13.2 Å². The van der Waals surface area contributed by atoms with E-state index in [1.54, 1.807) is 6.20 Å². The van der Waals surface area contributed by atoms with Crippen LogP contribution in [0.2, 0.25) is 0 Å². The molecular formula is C9H12BrNO2. The first-order valence-corrected chi connectivity index (χ1v) is 4.89. The Morgan fingerprint density at radius 1 is 1.62 bits per heavy atom. The molecule has 0 atom stereocenters. The van der Waals surface area contributed by atoms with Gasteiger partial charge in [0.2, 0.25) is 5.88 Å². The van der Waals surface area contributed by atoms with Crippen LogP contribution < -0.4 is 4.74 Å². The molecule has 4 heteroatoms. The van der Waals surface area contributed by atoms with Gasteiger partial charge >= 0.3 is 0 Å². The largest absolute Gasteiger partial charge is 0.478 e. The number of pyridine rings is 1. The van der Waals surface area contributed by atoms with Gasteiger partial charge in [0.1, 0.15) is 0 Å². The molecule has 0 amide bonds. The van der Waals surface area contributed by atoms with Crippen molar-refractivity contribution in [2.45, 2.75) is 13.3 Å². The molecule has 1 rings (SSSR count). The van der Waals surface area contributed by atoms with E-state index in [0.29, 0.717) is 18.9 Å². The van der Waals surface area contributed by atoms with Gasteiger partial charge in [0.25, 0.3) is 0 Å². The topological polar surface area (TPSA) is 42.4 Å². The van der Waals surface area contributed by atoms with Crippen LogP contribution in [0.4, 0.5) is 0 Å². The first-order valence-electron chi connectivity index (χ1n) is 4.10. The minimum atomic E-state index is 0.148. The molecule has 0 aliphatic carbocycles. The lowest BCUT2D eigenvalue weighted by Crippen LogP contribution is -2.01. The normalized spacial score (nSPS) is 10.1. The van der Waals surface area contributed by atoms with Gasteiger partial charge in [0.15, 0.2) is 0 Å². The van der Waals surface area contributed by atoms with Gasteiger partial charge in [-0.05, 0) is 28.4 Å². The third-order valence-corrected chi connectivity index (χ3v) is 2.40.